The molecule has 20 heavy (non-hydrogen) atoms. The van der Waals surface area contributed by atoms with E-state index in [2.05, 4.69) is 21.2 Å². The van der Waals surface area contributed by atoms with E-state index in [4.69, 9.17) is 0 Å². The standard InChI is InChI=1S/C14H18BrN3O2/c1-11(19)17-6-8-18(9-7-17)14(20)10-16-13-4-2-12(15)3-5-13/h2-5,16H,6-10H2,1H3. The second-order valence-electron chi connectivity index (χ2n) is 4.75. The molecule has 2 rings (SSSR count). The van der Waals surface area contributed by atoms with Gasteiger partial charge in [0.05, 0.1) is 6.54 Å². The van der Waals surface area contributed by atoms with E-state index in [-0.39, 0.29) is 18.4 Å². The Morgan fingerprint density at radius 3 is 2.20 bits per heavy atom. The van der Waals surface area contributed by atoms with Crippen LogP contribution in [0, 0.1) is 0 Å². The Morgan fingerprint density at radius 1 is 1.10 bits per heavy atom. The van der Waals surface area contributed by atoms with Gasteiger partial charge in [-0.05, 0) is 24.3 Å². The highest BCUT2D eigenvalue weighted by molar-refractivity contribution is 9.10. The minimum Gasteiger partial charge on any atom is -0.376 e. The Morgan fingerprint density at radius 2 is 1.65 bits per heavy atom. The maximum atomic E-state index is 12.1. The number of carbonyl (C=O) groups is 2. The largest absolute Gasteiger partial charge is 0.376 e. The van der Waals surface area contributed by atoms with E-state index < -0.39 is 0 Å². The second-order valence-corrected chi connectivity index (χ2v) is 5.66. The van der Waals surface area contributed by atoms with Crippen molar-refractivity contribution in [3.63, 3.8) is 0 Å². The van der Waals surface area contributed by atoms with Gasteiger partial charge in [-0.2, -0.15) is 0 Å². The van der Waals surface area contributed by atoms with E-state index in [1.807, 2.05) is 24.3 Å². The molecule has 0 radical (unpaired) electrons. The number of carbonyl (C=O) groups excluding carboxylic acids is 2. The molecule has 1 aliphatic rings. The highest BCUT2D eigenvalue weighted by atomic mass is 79.9. The van der Waals surface area contributed by atoms with Gasteiger partial charge in [0.1, 0.15) is 0 Å². The van der Waals surface area contributed by atoms with Crippen molar-refractivity contribution in [3.05, 3.63) is 28.7 Å². The number of nitrogens with one attached hydrogen (secondary N) is 1. The van der Waals surface area contributed by atoms with Gasteiger partial charge in [-0.1, -0.05) is 15.9 Å². The molecule has 0 aliphatic carbocycles. The van der Waals surface area contributed by atoms with Crippen LogP contribution in [0.25, 0.3) is 0 Å². The van der Waals surface area contributed by atoms with Gasteiger partial charge in [-0.15, -0.1) is 0 Å². The van der Waals surface area contributed by atoms with Gasteiger partial charge in [-0.25, -0.2) is 0 Å². The summed E-state index contributed by atoms with van der Waals surface area (Å²) in [5.74, 6) is 0.140. The van der Waals surface area contributed by atoms with Crippen LogP contribution in [0.4, 0.5) is 5.69 Å². The van der Waals surface area contributed by atoms with Crippen LogP contribution in [0.1, 0.15) is 6.92 Å². The maximum Gasteiger partial charge on any atom is 0.241 e. The smallest absolute Gasteiger partial charge is 0.241 e. The quantitative estimate of drug-likeness (QED) is 0.909. The lowest BCUT2D eigenvalue weighted by Crippen LogP contribution is -2.51. The topological polar surface area (TPSA) is 52.7 Å². The zero-order valence-corrected chi connectivity index (χ0v) is 13.0. The van der Waals surface area contributed by atoms with Crippen LogP contribution < -0.4 is 5.32 Å². The summed E-state index contributed by atoms with van der Waals surface area (Å²) in [6.07, 6.45) is 0. The number of piperazine rings is 1. The van der Waals surface area contributed by atoms with Crippen LogP contribution in [-0.2, 0) is 9.59 Å². The average Bonchev–Trinajstić information content (AvgIpc) is 2.46. The summed E-state index contributed by atoms with van der Waals surface area (Å²) in [6.45, 7) is 4.31. The van der Waals surface area contributed by atoms with Crippen LogP contribution in [0.3, 0.4) is 0 Å². The minimum absolute atomic E-state index is 0.0659. The summed E-state index contributed by atoms with van der Waals surface area (Å²) in [5.41, 5.74) is 0.920. The lowest BCUT2D eigenvalue weighted by Gasteiger charge is -2.34. The number of hydrogen-bond donors (Lipinski definition) is 1. The Balaban J connectivity index is 1.78. The zero-order valence-electron chi connectivity index (χ0n) is 11.4. The zero-order chi connectivity index (χ0) is 14.5. The van der Waals surface area contributed by atoms with Gasteiger partial charge < -0.3 is 15.1 Å². The molecule has 1 aromatic carbocycles. The molecule has 0 spiro atoms. The SMILES string of the molecule is CC(=O)N1CCN(C(=O)CNc2ccc(Br)cc2)CC1. The highest BCUT2D eigenvalue weighted by Gasteiger charge is 2.21. The number of anilines is 1. The Labute approximate surface area is 127 Å². The predicted molar refractivity (Wildman–Crippen MR) is 81.5 cm³/mol. The van der Waals surface area contributed by atoms with Crippen molar-refractivity contribution in [1.29, 1.82) is 0 Å². The number of nitrogens with zero attached hydrogens (tertiary/aromatic N) is 2. The third kappa shape index (κ3) is 3.96. The molecule has 1 fully saturated rings. The maximum absolute atomic E-state index is 12.1. The predicted octanol–water partition coefficient (Wildman–Crippen LogP) is 1.55. The van der Waals surface area contributed by atoms with E-state index in [0.29, 0.717) is 26.2 Å². The number of halogens is 1. The summed E-state index contributed by atoms with van der Waals surface area (Å²) < 4.78 is 1.01. The Hall–Kier alpha value is -1.56. The summed E-state index contributed by atoms with van der Waals surface area (Å²) in [5, 5.41) is 3.11. The number of amides is 2. The van der Waals surface area contributed by atoms with Gasteiger partial charge >= 0.3 is 0 Å². The van der Waals surface area contributed by atoms with Gasteiger partial charge in [0.15, 0.2) is 0 Å². The molecule has 1 aliphatic heterocycles. The molecule has 5 nitrogen and oxygen atoms in total. The van der Waals surface area contributed by atoms with Crippen LogP contribution in [-0.4, -0.2) is 54.3 Å². The molecular weight excluding hydrogens is 322 g/mol. The highest BCUT2D eigenvalue weighted by Crippen LogP contribution is 2.14. The van der Waals surface area contributed by atoms with Crippen molar-refractivity contribution in [3.8, 4) is 0 Å². The van der Waals surface area contributed by atoms with E-state index >= 15 is 0 Å². The molecule has 0 unspecified atom stereocenters. The van der Waals surface area contributed by atoms with Crippen LogP contribution in [0.2, 0.25) is 0 Å². The molecule has 1 N–H and O–H groups in total. The van der Waals surface area contributed by atoms with E-state index in [1.165, 1.54) is 0 Å². The van der Waals surface area contributed by atoms with Crippen molar-refractivity contribution in [2.45, 2.75) is 6.92 Å². The van der Waals surface area contributed by atoms with Gasteiger partial charge in [0, 0.05) is 43.3 Å². The van der Waals surface area contributed by atoms with E-state index in [1.54, 1.807) is 16.7 Å². The second kappa shape index (κ2) is 6.74. The summed E-state index contributed by atoms with van der Waals surface area (Å²) in [7, 11) is 0. The normalized spacial score (nSPS) is 15.1. The fourth-order valence-electron chi connectivity index (χ4n) is 2.13. The van der Waals surface area contributed by atoms with Crippen molar-refractivity contribution in [2.75, 3.05) is 38.0 Å². The molecule has 1 saturated heterocycles. The first-order valence-corrected chi connectivity index (χ1v) is 7.38. The van der Waals surface area contributed by atoms with E-state index in [0.717, 1.165) is 10.2 Å². The Bertz CT molecular complexity index is 482. The summed E-state index contributed by atoms with van der Waals surface area (Å²) >= 11 is 3.37. The molecule has 1 heterocycles. The molecule has 1 aromatic rings. The molecular formula is C14H18BrN3O2. The fourth-order valence-corrected chi connectivity index (χ4v) is 2.39. The van der Waals surface area contributed by atoms with Gasteiger partial charge in [-0.3, -0.25) is 9.59 Å². The number of hydrogen-bond acceptors (Lipinski definition) is 3. The molecule has 0 saturated carbocycles. The van der Waals surface area contributed by atoms with Crippen molar-refractivity contribution in [2.24, 2.45) is 0 Å². The minimum atomic E-state index is 0.0659. The molecule has 108 valence electrons. The molecule has 0 atom stereocenters. The van der Waals surface area contributed by atoms with Crippen LogP contribution in [0.15, 0.2) is 28.7 Å². The van der Waals surface area contributed by atoms with Crippen molar-refractivity contribution in [1.82, 2.24) is 9.80 Å². The van der Waals surface area contributed by atoms with Gasteiger partial charge in [0.2, 0.25) is 11.8 Å². The lowest BCUT2D eigenvalue weighted by molar-refractivity contribution is -0.137. The summed E-state index contributed by atoms with van der Waals surface area (Å²) in [4.78, 5) is 26.9. The fraction of sp³-hybridized carbons (Fsp3) is 0.429. The monoisotopic (exact) mass is 339 g/mol. The first-order chi connectivity index (χ1) is 9.56. The first kappa shape index (κ1) is 14.8. The Kier molecular flexibility index (Phi) is 5.00. The lowest BCUT2D eigenvalue weighted by atomic mass is 10.3. The number of benzene rings is 1. The summed E-state index contributed by atoms with van der Waals surface area (Å²) in [6, 6.07) is 7.70. The van der Waals surface area contributed by atoms with E-state index in [9.17, 15) is 9.59 Å². The van der Waals surface area contributed by atoms with Crippen molar-refractivity contribution < 1.29 is 9.59 Å². The number of rotatable bonds is 3. The average molecular weight is 340 g/mol. The van der Waals surface area contributed by atoms with Gasteiger partial charge in [0.25, 0.3) is 0 Å². The first-order valence-electron chi connectivity index (χ1n) is 6.59. The third-order valence-electron chi connectivity index (χ3n) is 3.37. The van der Waals surface area contributed by atoms with Crippen LogP contribution in [0.5, 0.6) is 0 Å². The molecule has 0 bridgehead atoms. The molecule has 2 amide bonds. The van der Waals surface area contributed by atoms with Crippen molar-refractivity contribution >= 4 is 33.4 Å². The molecule has 6 heteroatoms. The van der Waals surface area contributed by atoms with Crippen LogP contribution >= 0.6 is 15.9 Å². The molecule has 0 aromatic heterocycles. The third-order valence-corrected chi connectivity index (χ3v) is 3.89.